The fraction of sp³-hybridized carbons (Fsp3) is 0.400. The number of nitrogens with zero attached hydrogens (tertiary/aromatic N) is 1. The van der Waals surface area contributed by atoms with Crippen molar-refractivity contribution < 1.29 is 0 Å². The van der Waals surface area contributed by atoms with Gasteiger partial charge in [0.25, 0.3) is 0 Å². The number of aromatic nitrogens is 1. The van der Waals surface area contributed by atoms with Gasteiger partial charge in [0.2, 0.25) is 0 Å². The van der Waals surface area contributed by atoms with E-state index in [4.69, 9.17) is 0 Å². The molecule has 88 valence electrons. The van der Waals surface area contributed by atoms with Crippen LogP contribution >= 0.6 is 0 Å². The minimum atomic E-state index is 0.547. The van der Waals surface area contributed by atoms with Crippen LogP contribution in [0.1, 0.15) is 30.4 Å². The molecule has 2 aliphatic rings. The van der Waals surface area contributed by atoms with Gasteiger partial charge < -0.3 is 5.32 Å². The van der Waals surface area contributed by atoms with Crippen LogP contribution in [0.2, 0.25) is 0 Å². The zero-order chi connectivity index (χ0) is 11.7. The summed E-state index contributed by atoms with van der Waals surface area (Å²) in [6, 6.07) is 2.73. The van der Waals surface area contributed by atoms with Gasteiger partial charge in [-0.3, -0.25) is 4.98 Å². The highest BCUT2D eigenvalue weighted by Gasteiger charge is 2.32. The van der Waals surface area contributed by atoms with Crippen LogP contribution in [0.15, 0.2) is 31.1 Å². The van der Waals surface area contributed by atoms with E-state index in [0.717, 1.165) is 18.0 Å². The number of hydrogen-bond donors (Lipinski definition) is 1. The first-order valence-electron chi connectivity index (χ1n) is 6.40. The van der Waals surface area contributed by atoms with E-state index in [1.54, 1.807) is 0 Å². The highest BCUT2D eigenvalue weighted by atomic mass is 14.9. The molecule has 2 atom stereocenters. The lowest BCUT2D eigenvalue weighted by Crippen LogP contribution is -2.39. The third-order valence-electron chi connectivity index (χ3n) is 3.89. The Kier molecular flexibility index (Phi) is 2.81. The molecule has 0 aromatic carbocycles. The van der Waals surface area contributed by atoms with Crippen molar-refractivity contribution in [3.8, 4) is 0 Å². The number of allylic oxidation sites excluding steroid dienone is 1. The molecule has 1 saturated heterocycles. The van der Waals surface area contributed by atoms with Gasteiger partial charge in [0.15, 0.2) is 0 Å². The van der Waals surface area contributed by atoms with E-state index in [1.165, 1.54) is 30.4 Å². The Morgan fingerprint density at radius 1 is 1.41 bits per heavy atom. The molecule has 1 aromatic rings. The minimum Gasteiger partial charge on any atom is -0.310 e. The van der Waals surface area contributed by atoms with Crippen molar-refractivity contribution in [1.29, 1.82) is 0 Å². The average molecular weight is 226 g/mol. The molecule has 1 aliphatic heterocycles. The molecule has 2 heteroatoms. The lowest BCUT2D eigenvalue weighted by atomic mass is 9.88. The van der Waals surface area contributed by atoms with Crippen LogP contribution in [0.4, 0.5) is 0 Å². The second-order valence-corrected chi connectivity index (χ2v) is 4.94. The summed E-state index contributed by atoms with van der Waals surface area (Å²) in [5.41, 5.74) is 3.79. The highest BCUT2D eigenvalue weighted by molar-refractivity contribution is 5.73. The Morgan fingerprint density at radius 3 is 3.24 bits per heavy atom. The number of piperidine rings is 1. The third kappa shape index (κ3) is 1.93. The van der Waals surface area contributed by atoms with Gasteiger partial charge in [0.05, 0.1) is 0 Å². The first-order chi connectivity index (χ1) is 8.38. The Hall–Kier alpha value is -1.41. The second-order valence-electron chi connectivity index (χ2n) is 4.94. The maximum Gasteiger partial charge on any atom is 0.0354 e. The Bertz CT molecular complexity index is 462. The monoisotopic (exact) mass is 226 g/mol. The van der Waals surface area contributed by atoms with E-state index >= 15 is 0 Å². The van der Waals surface area contributed by atoms with Gasteiger partial charge in [-0.25, -0.2) is 0 Å². The van der Waals surface area contributed by atoms with Crippen molar-refractivity contribution in [2.24, 2.45) is 5.92 Å². The number of fused-ring (bicyclic) bond motifs is 1. The zero-order valence-electron chi connectivity index (χ0n) is 10.0. The van der Waals surface area contributed by atoms with Gasteiger partial charge in [-0.2, -0.15) is 0 Å². The quantitative estimate of drug-likeness (QED) is 0.838. The summed E-state index contributed by atoms with van der Waals surface area (Å²) in [7, 11) is 0. The Balaban J connectivity index is 1.90. The molecule has 1 N–H and O–H groups in total. The SMILES string of the molecule is C=Cc1cncc(C2=CC[C@H]3CCCN[C@@H]23)c1. The second kappa shape index (κ2) is 4.46. The van der Waals surface area contributed by atoms with E-state index in [9.17, 15) is 0 Å². The molecule has 0 unspecified atom stereocenters. The summed E-state index contributed by atoms with van der Waals surface area (Å²) in [6.45, 7) is 4.95. The third-order valence-corrected chi connectivity index (χ3v) is 3.89. The van der Waals surface area contributed by atoms with Crippen molar-refractivity contribution in [2.75, 3.05) is 6.54 Å². The number of pyridine rings is 1. The normalized spacial score (nSPS) is 27.4. The van der Waals surface area contributed by atoms with Crippen LogP contribution in [0.5, 0.6) is 0 Å². The minimum absolute atomic E-state index is 0.547. The van der Waals surface area contributed by atoms with Gasteiger partial charge >= 0.3 is 0 Å². The van der Waals surface area contributed by atoms with Crippen molar-refractivity contribution in [1.82, 2.24) is 10.3 Å². The number of nitrogens with one attached hydrogen (secondary N) is 1. The molecule has 2 nitrogen and oxygen atoms in total. The summed E-state index contributed by atoms with van der Waals surface area (Å²) < 4.78 is 0. The molecular weight excluding hydrogens is 208 g/mol. The zero-order valence-corrected chi connectivity index (χ0v) is 10.0. The molecule has 1 fully saturated rings. The van der Waals surface area contributed by atoms with E-state index < -0.39 is 0 Å². The molecule has 0 saturated carbocycles. The molecular formula is C15H18N2. The van der Waals surface area contributed by atoms with Gasteiger partial charge in [-0.1, -0.05) is 18.7 Å². The molecule has 3 rings (SSSR count). The lowest BCUT2D eigenvalue weighted by molar-refractivity contribution is 0.346. The number of hydrogen-bond acceptors (Lipinski definition) is 2. The van der Waals surface area contributed by atoms with Crippen molar-refractivity contribution in [2.45, 2.75) is 25.3 Å². The van der Waals surface area contributed by atoms with E-state index in [1.807, 2.05) is 18.5 Å². The van der Waals surface area contributed by atoms with Crippen LogP contribution in [0, 0.1) is 5.92 Å². The van der Waals surface area contributed by atoms with Gasteiger partial charge in [-0.05, 0) is 54.5 Å². The van der Waals surface area contributed by atoms with Crippen molar-refractivity contribution in [3.05, 3.63) is 42.2 Å². The predicted octanol–water partition coefficient (Wildman–Crippen LogP) is 2.88. The van der Waals surface area contributed by atoms with Gasteiger partial charge in [0.1, 0.15) is 0 Å². The molecule has 17 heavy (non-hydrogen) atoms. The van der Waals surface area contributed by atoms with Crippen LogP contribution in [-0.2, 0) is 0 Å². The predicted molar refractivity (Wildman–Crippen MR) is 71.4 cm³/mol. The molecule has 1 aromatic heterocycles. The fourth-order valence-electron chi connectivity index (χ4n) is 3.00. The summed E-state index contributed by atoms with van der Waals surface area (Å²) >= 11 is 0. The molecule has 2 heterocycles. The molecule has 0 radical (unpaired) electrons. The summed E-state index contributed by atoms with van der Waals surface area (Å²) in [5, 5.41) is 3.65. The average Bonchev–Trinajstić information content (AvgIpc) is 2.82. The van der Waals surface area contributed by atoms with Crippen LogP contribution < -0.4 is 5.32 Å². The molecule has 0 spiro atoms. The smallest absolute Gasteiger partial charge is 0.0354 e. The van der Waals surface area contributed by atoms with Crippen molar-refractivity contribution in [3.63, 3.8) is 0 Å². The highest BCUT2D eigenvalue weighted by Crippen LogP contribution is 2.37. The standard InChI is InChI=1S/C15H18N2/c1-2-11-8-13(10-16-9-11)14-6-5-12-4-3-7-17-15(12)14/h2,6,8-10,12,15,17H,1,3-5,7H2/t12-,15-/m1/s1. The Morgan fingerprint density at radius 2 is 2.35 bits per heavy atom. The fourth-order valence-corrected chi connectivity index (χ4v) is 3.00. The van der Waals surface area contributed by atoms with E-state index in [0.29, 0.717) is 6.04 Å². The largest absolute Gasteiger partial charge is 0.310 e. The van der Waals surface area contributed by atoms with Gasteiger partial charge in [-0.15, -0.1) is 0 Å². The summed E-state index contributed by atoms with van der Waals surface area (Å²) in [6.07, 6.45) is 12.0. The molecule has 0 bridgehead atoms. The summed E-state index contributed by atoms with van der Waals surface area (Å²) in [4.78, 5) is 4.30. The van der Waals surface area contributed by atoms with Crippen LogP contribution in [0.3, 0.4) is 0 Å². The van der Waals surface area contributed by atoms with Crippen LogP contribution in [-0.4, -0.2) is 17.6 Å². The molecule has 1 aliphatic carbocycles. The first kappa shape index (κ1) is 10.7. The topological polar surface area (TPSA) is 24.9 Å². The first-order valence-corrected chi connectivity index (χ1v) is 6.40. The Labute approximate surface area is 102 Å². The van der Waals surface area contributed by atoms with E-state index in [-0.39, 0.29) is 0 Å². The maximum absolute atomic E-state index is 4.30. The molecule has 0 amide bonds. The van der Waals surface area contributed by atoms with Crippen molar-refractivity contribution >= 4 is 11.6 Å². The van der Waals surface area contributed by atoms with Gasteiger partial charge in [0, 0.05) is 18.4 Å². The summed E-state index contributed by atoms with van der Waals surface area (Å²) in [5.74, 6) is 0.797. The maximum atomic E-state index is 4.30. The van der Waals surface area contributed by atoms with E-state index in [2.05, 4.69) is 29.0 Å². The van der Waals surface area contributed by atoms with Crippen LogP contribution in [0.25, 0.3) is 11.6 Å². The lowest BCUT2D eigenvalue weighted by Gasteiger charge is -2.29. The number of rotatable bonds is 2.